The Balaban J connectivity index is 1.44. The molecule has 2 aliphatic rings. The summed E-state index contributed by atoms with van der Waals surface area (Å²) in [6, 6.07) is 11.8. The number of hydrogen-bond acceptors (Lipinski definition) is 6. The smallest absolute Gasteiger partial charge is 0.233 e. The van der Waals surface area contributed by atoms with E-state index in [2.05, 4.69) is 4.90 Å². The highest BCUT2D eigenvalue weighted by molar-refractivity contribution is 5.92. The van der Waals surface area contributed by atoms with E-state index in [9.17, 15) is 9.59 Å². The number of nitrogens with two attached hydrogens (primary N) is 1. The van der Waals surface area contributed by atoms with E-state index in [1.54, 1.807) is 9.42 Å². The fourth-order valence-electron chi connectivity index (χ4n) is 5.57. The number of rotatable bonds is 5. The van der Waals surface area contributed by atoms with Gasteiger partial charge in [-0.2, -0.15) is 5.10 Å². The molecule has 5 rings (SSSR count). The van der Waals surface area contributed by atoms with Gasteiger partial charge in [-0.3, -0.25) is 9.59 Å². The Morgan fingerprint density at radius 2 is 1.94 bits per heavy atom. The number of amides is 1. The third-order valence-corrected chi connectivity index (χ3v) is 7.87. The number of aryl methyl sites for hydroxylation is 1. The minimum atomic E-state index is -0.687. The maximum absolute atomic E-state index is 14.0. The summed E-state index contributed by atoms with van der Waals surface area (Å²) < 4.78 is 1.80. The fourth-order valence-corrected chi connectivity index (χ4v) is 5.57. The Morgan fingerprint density at radius 3 is 2.60 bits per heavy atom. The normalized spacial score (nSPS) is 20.9. The minimum absolute atomic E-state index is 0.0386. The Kier molecular flexibility index (Phi) is 6.09. The predicted octanol–water partition coefficient (Wildman–Crippen LogP) is 3.18. The van der Waals surface area contributed by atoms with Gasteiger partial charge >= 0.3 is 0 Å². The highest BCUT2D eigenvalue weighted by Gasteiger charge is 2.45. The van der Waals surface area contributed by atoms with Crippen LogP contribution in [-0.2, 0) is 15.0 Å². The van der Waals surface area contributed by atoms with Gasteiger partial charge in [-0.05, 0) is 38.7 Å². The van der Waals surface area contributed by atoms with Crippen molar-refractivity contribution in [3.8, 4) is 0 Å². The number of fused-ring (bicyclic) bond motifs is 1. The highest BCUT2D eigenvalue weighted by Crippen LogP contribution is 2.41. The molecule has 3 aromatic rings. The Bertz CT molecular complexity index is 1240. The molecule has 8 heteroatoms. The SMILES string of the molecule is Cc1cn2nc([C@H](C)N(C)C(=O)C3(c4ccccc4)CCC(=O)CC3)cc2nc1N1CC[C@H](N)C1. The van der Waals surface area contributed by atoms with E-state index in [4.69, 9.17) is 15.8 Å². The lowest BCUT2D eigenvalue weighted by atomic mass is 9.68. The molecule has 184 valence electrons. The van der Waals surface area contributed by atoms with Gasteiger partial charge in [0.1, 0.15) is 11.6 Å². The predicted molar refractivity (Wildman–Crippen MR) is 135 cm³/mol. The lowest BCUT2D eigenvalue weighted by Crippen LogP contribution is -2.48. The van der Waals surface area contributed by atoms with Crippen LogP contribution in [0.25, 0.3) is 5.65 Å². The van der Waals surface area contributed by atoms with Crippen molar-refractivity contribution < 1.29 is 9.59 Å². The molecule has 2 fully saturated rings. The molecule has 0 spiro atoms. The Morgan fingerprint density at radius 1 is 1.23 bits per heavy atom. The zero-order valence-corrected chi connectivity index (χ0v) is 20.8. The van der Waals surface area contributed by atoms with Crippen LogP contribution in [0.5, 0.6) is 0 Å². The van der Waals surface area contributed by atoms with Crippen LogP contribution in [-0.4, -0.2) is 57.4 Å². The Hall–Kier alpha value is -3.26. The van der Waals surface area contributed by atoms with Gasteiger partial charge in [-0.15, -0.1) is 0 Å². The van der Waals surface area contributed by atoms with E-state index in [0.717, 1.165) is 47.8 Å². The van der Waals surface area contributed by atoms with Crippen LogP contribution in [0.3, 0.4) is 0 Å². The topological polar surface area (TPSA) is 96.8 Å². The first-order valence-corrected chi connectivity index (χ1v) is 12.5. The van der Waals surface area contributed by atoms with E-state index in [-0.39, 0.29) is 23.8 Å². The lowest BCUT2D eigenvalue weighted by Gasteiger charge is -2.40. The number of nitrogens with zero attached hydrogens (tertiary/aromatic N) is 5. The first-order chi connectivity index (χ1) is 16.8. The quantitative estimate of drug-likeness (QED) is 0.610. The second-order valence-corrected chi connectivity index (χ2v) is 10.2. The summed E-state index contributed by atoms with van der Waals surface area (Å²) in [5, 5.41) is 4.78. The number of benzene rings is 1. The molecule has 1 aromatic carbocycles. The van der Waals surface area contributed by atoms with E-state index in [1.165, 1.54) is 0 Å². The summed E-state index contributed by atoms with van der Waals surface area (Å²) in [5.41, 5.74) is 9.00. The standard InChI is InChI=1S/C27H34N6O2/c1-18-16-33-24(29-25(18)32-14-11-21(28)17-32)15-23(30-33)19(2)31(3)26(35)27(12-9-22(34)10-13-27)20-7-5-4-6-8-20/h4-8,15-16,19,21H,9-14,17,28H2,1-3H3/t19-,21-/m0/s1. The van der Waals surface area contributed by atoms with Crippen molar-refractivity contribution in [1.82, 2.24) is 19.5 Å². The second-order valence-electron chi connectivity index (χ2n) is 10.2. The van der Waals surface area contributed by atoms with E-state index >= 15 is 0 Å². The van der Waals surface area contributed by atoms with Gasteiger partial charge in [0.05, 0.1) is 17.2 Å². The van der Waals surface area contributed by atoms with Crippen LogP contribution < -0.4 is 10.6 Å². The van der Waals surface area contributed by atoms with Crippen LogP contribution in [0.15, 0.2) is 42.6 Å². The average molecular weight is 475 g/mol. The summed E-state index contributed by atoms with van der Waals surface area (Å²) >= 11 is 0. The summed E-state index contributed by atoms with van der Waals surface area (Å²) in [4.78, 5) is 35.0. The number of anilines is 1. The van der Waals surface area contributed by atoms with Crippen LogP contribution in [0.1, 0.15) is 61.9 Å². The van der Waals surface area contributed by atoms with E-state index in [0.29, 0.717) is 25.7 Å². The summed E-state index contributed by atoms with van der Waals surface area (Å²) in [6.45, 7) is 5.76. The first kappa shape index (κ1) is 23.5. The first-order valence-electron chi connectivity index (χ1n) is 12.5. The van der Waals surface area contributed by atoms with Gasteiger partial charge in [0, 0.05) is 56.8 Å². The fraction of sp³-hybridized carbons (Fsp3) is 0.481. The molecule has 0 radical (unpaired) electrons. The van der Waals surface area contributed by atoms with E-state index < -0.39 is 5.41 Å². The number of carbonyl (C=O) groups excluding carboxylic acids is 2. The molecule has 1 saturated carbocycles. The van der Waals surface area contributed by atoms with Crippen molar-refractivity contribution in [1.29, 1.82) is 0 Å². The number of aromatic nitrogens is 3. The molecule has 8 nitrogen and oxygen atoms in total. The maximum atomic E-state index is 14.0. The summed E-state index contributed by atoms with van der Waals surface area (Å²) in [6.07, 6.45) is 4.91. The lowest BCUT2D eigenvalue weighted by molar-refractivity contribution is -0.140. The van der Waals surface area contributed by atoms with Crippen molar-refractivity contribution in [2.45, 2.75) is 63.5 Å². The molecule has 2 aromatic heterocycles. The molecular weight excluding hydrogens is 440 g/mol. The molecular formula is C27H34N6O2. The van der Waals surface area contributed by atoms with Gasteiger partial charge in [0.25, 0.3) is 0 Å². The van der Waals surface area contributed by atoms with Crippen molar-refractivity contribution >= 4 is 23.2 Å². The number of ketones is 1. The summed E-state index contributed by atoms with van der Waals surface area (Å²) in [7, 11) is 1.84. The van der Waals surface area contributed by atoms with Crippen LogP contribution in [0, 0.1) is 6.92 Å². The van der Waals surface area contributed by atoms with Crippen molar-refractivity contribution in [3.63, 3.8) is 0 Å². The van der Waals surface area contributed by atoms with Crippen LogP contribution >= 0.6 is 0 Å². The summed E-state index contributed by atoms with van der Waals surface area (Å²) in [5.74, 6) is 1.22. The molecule has 0 unspecified atom stereocenters. The monoisotopic (exact) mass is 474 g/mol. The van der Waals surface area contributed by atoms with Crippen molar-refractivity contribution in [3.05, 3.63) is 59.4 Å². The molecule has 1 aliphatic carbocycles. The number of carbonyl (C=O) groups is 2. The van der Waals surface area contributed by atoms with Gasteiger partial charge in [0.2, 0.25) is 5.91 Å². The number of Topliss-reactive ketones (excluding diaryl/α,β-unsaturated/α-hetero) is 1. The minimum Gasteiger partial charge on any atom is -0.355 e. The molecule has 2 atom stereocenters. The van der Waals surface area contributed by atoms with Crippen molar-refractivity contribution in [2.75, 3.05) is 25.0 Å². The van der Waals surface area contributed by atoms with Gasteiger partial charge in [-0.1, -0.05) is 30.3 Å². The third-order valence-electron chi connectivity index (χ3n) is 7.87. The molecule has 0 bridgehead atoms. The Labute approximate surface area is 206 Å². The van der Waals surface area contributed by atoms with Crippen molar-refractivity contribution in [2.24, 2.45) is 5.73 Å². The third kappa shape index (κ3) is 4.20. The molecule has 35 heavy (non-hydrogen) atoms. The number of likely N-dealkylation sites (N-methyl/N-ethyl adjacent to an activating group) is 1. The maximum Gasteiger partial charge on any atom is 0.233 e. The zero-order chi connectivity index (χ0) is 24.7. The van der Waals surface area contributed by atoms with Gasteiger partial charge in [0.15, 0.2) is 5.65 Å². The van der Waals surface area contributed by atoms with Crippen LogP contribution in [0.2, 0.25) is 0 Å². The highest BCUT2D eigenvalue weighted by atomic mass is 16.2. The molecule has 1 aliphatic heterocycles. The molecule has 1 amide bonds. The molecule has 1 saturated heterocycles. The molecule has 2 N–H and O–H groups in total. The zero-order valence-electron chi connectivity index (χ0n) is 20.8. The molecule has 3 heterocycles. The second kappa shape index (κ2) is 9.07. The largest absolute Gasteiger partial charge is 0.355 e. The number of hydrogen-bond donors (Lipinski definition) is 1. The van der Waals surface area contributed by atoms with Crippen LogP contribution in [0.4, 0.5) is 5.82 Å². The van der Waals surface area contributed by atoms with Gasteiger partial charge < -0.3 is 15.5 Å². The van der Waals surface area contributed by atoms with E-state index in [1.807, 2.05) is 63.5 Å². The average Bonchev–Trinajstić information content (AvgIpc) is 3.49. The van der Waals surface area contributed by atoms with Gasteiger partial charge in [-0.25, -0.2) is 9.50 Å².